The van der Waals surface area contributed by atoms with Crippen LogP contribution in [0.2, 0.25) is 5.02 Å². The Morgan fingerprint density at radius 2 is 1.82 bits per heavy atom. The van der Waals surface area contributed by atoms with Gasteiger partial charge in [-0.2, -0.15) is 13.2 Å². The van der Waals surface area contributed by atoms with Gasteiger partial charge in [-0.1, -0.05) is 17.7 Å². The lowest BCUT2D eigenvalue weighted by atomic mass is 9.93. The second-order valence-electron chi connectivity index (χ2n) is 8.77. The van der Waals surface area contributed by atoms with Crippen LogP contribution in [0.15, 0.2) is 42.5 Å². The van der Waals surface area contributed by atoms with E-state index in [1.807, 2.05) is 0 Å². The van der Waals surface area contributed by atoms with Gasteiger partial charge in [0.1, 0.15) is 0 Å². The molecular formula is C25H24ClF3N4O5. The van der Waals surface area contributed by atoms with Crippen LogP contribution in [0.5, 0.6) is 0 Å². The standard InChI is InChI=1S/C25H24ClF3N4O5/c1-12-8-14(22(36)31-12)10-19(20(34)24(38)30-2)33-23(37)17-11-16(26)6-7-18(17)32-21(35)13-4-3-5-15(9-13)25(27,28)29/h3-7,9,11-12,14,19H,8,10H2,1-2H3,(H,30,38)(H,31,36)(H,32,35)(H,33,37)/t12-,14+,19+/m1/s1. The smallest absolute Gasteiger partial charge is 0.353 e. The quantitative estimate of drug-likeness (QED) is 0.374. The highest BCUT2D eigenvalue weighted by Gasteiger charge is 2.36. The molecule has 0 aliphatic carbocycles. The highest BCUT2D eigenvalue weighted by molar-refractivity contribution is 6.38. The van der Waals surface area contributed by atoms with Crippen molar-refractivity contribution in [1.29, 1.82) is 0 Å². The molecule has 0 spiro atoms. The summed E-state index contributed by atoms with van der Waals surface area (Å²) >= 11 is 6.03. The molecule has 38 heavy (non-hydrogen) atoms. The summed E-state index contributed by atoms with van der Waals surface area (Å²) < 4.78 is 39.2. The Morgan fingerprint density at radius 3 is 2.42 bits per heavy atom. The lowest BCUT2D eigenvalue weighted by Gasteiger charge is -2.20. The van der Waals surface area contributed by atoms with Gasteiger partial charge in [0.15, 0.2) is 0 Å². The molecule has 3 atom stereocenters. The zero-order valence-corrected chi connectivity index (χ0v) is 21.0. The van der Waals surface area contributed by atoms with Crippen LogP contribution in [0.25, 0.3) is 0 Å². The Bertz CT molecular complexity index is 1280. The average Bonchev–Trinajstić information content (AvgIpc) is 3.19. The third-order valence-corrected chi connectivity index (χ3v) is 6.15. The molecule has 0 saturated carbocycles. The van der Waals surface area contributed by atoms with E-state index < -0.39 is 47.2 Å². The number of nitrogens with one attached hydrogen (secondary N) is 4. The molecule has 0 bridgehead atoms. The minimum atomic E-state index is -4.66. The molecular weight excluding hydrogens is 529 g/mol. The summed E-state index contributed by atoms with van der Waals surface area (Å²) in [5.74, 6) is -4.75. The van der Waals surface area contributed by atoms with E-state index in [1.165, 1.54) is 31.3 Å². The molecule has 4 N–H and O–H groups in total. The molecule has 202 valence electrons. The van der Waals surface area contributed by atoms with Crippen molar-refractivity contribution < 1.29 is 37.1 Å². The number of Topliss-reactive ketones (excluding diaryl/α,β-unsaturated/α-hetero) is 1. The van der Waals surface area contributed by atoms with Gasteiger partial charge in [0.25, 0.3) is 17.7 Å². The number of rotatable bonds is 8. The van der Waals surface area contributed by atoms with Crippen LogP contribution in [0, 0.1) is 5.92 Å². The highest BCUT2D eigenvalue weighted by atomic mass is 35.5. The molecule has 1 aliphatic rings. The zero-order chi connectivity index (χ0) is 28.2. The van der Waals surface area contributed by atoms with Crippen molar-refractivity contribution in [3.05, 3.63) is 64.2 Å². The molecule has 1 saturated heterocycles. The maximum absolute atomic E-state index is 13.2. The van der Waals surface area contributed by atoms with Crippen molar-refractivity contribution in [2.75, 3.05) is 12.4 Å². The second-order valence-corrected chi connectivity index (χ2v) is 9.21. The van der Waals surface area contributed by atoms with Gasteiger partial charge in [0.05, 0.1) is 22.9 Å². The molecule has 1 aliphatic heterocycles. The number of halogens is 4. The minimum absolute atomic E-state index is 0.0883. The third-order valence-electron chi connectivity index (χ3n) is 5.92. The molecule has 9 nitrogen and oxygen atoms in total. The predicted molar refractivity (Wildman–Crippen MR) is 132 cm³/mol. The molecule has 1 heterocycles. The molecule has 0 aromatic heterocycles. The summed E-state index contributed by atoms with van der Waals surface area (Å²) in [6.45, 7) is 1.78. The summed E-state index contributed by atoms with van der Waals surface area (Å²) in [4.78, 5) is 62.9. The molecule has 0 radical (unpaired) electrons. The molecule has 2 aromatic rings. The van der Waals surface area contributed by atoms with E-state index in [9.17, 15) is 37.1 Å². The van der Waals surface area contributed by atoms with Crippen LogP contribution < -0.4 is 21.3 Å². The van der Waals surface area contributed by atoms with Crippen LogP contribution in [0.3, 0.4) is 0 Å². The Morgan fingerprint density at radius 1 is 1.11 bits per heavy atom. The Balaban J connectivity index is 1.86. The van der Waals surface area contributed by atoms with Crippen molar-refractivity contribution in [3.63, 3.8) is 0 Å². The summed E-state index contributed by atoms with van der Waals surface area (Å²) in [7, 11) is 1.24. The number of benzene rings is 2. The highest BCUT2D eigenvalue weighted by Crippen LogP contribution is 2.30. The van der Waals surface area contributed by atoms with E-state index in [4.69, 9.17) is 11.6 Å². The van der Waals surface area contributed by atoms with Crippen molar-refractivity contribution in [1.82, 2.24) is 16.0 Å². The maximum Gasteiger partial charge on any atom is 0.416 e. The predicted octanol–water partition coefficient (Wildman–Crippen LogP) is 2.94. The Kier molecular flexibility index (Phi) is 8.77. The number of carbonyl (C=O) groups is 5. The number of likely N-dealkylation sites (N-methyl/N-ethyl adjacent to an activating group) is 1. The summed E-state index contributed by atoms with van der Waals surface area (Å²) in [5.41, 5.74) is -1.65. The number of ketones is 1. The van der Waals surface area contributed by atoms with E-state index in [2.05, 4.69) is 21.3 Å². The van der Waals surface area contributed by atoms with E-state index in [0.717, 1.165) is 12.1 Å². The van der Waals surface area contributed by atoms with Crippen molar-refractivity contribution in [3.8, 4) is 0 Å². The van der Waals surface area contributed by atoms with Crippen LogP contribution in [-0.2, 0) is 20.6 Å². The van der Waals surface area contributed by atoms with Gasteiger partial charge in [-0.05, 0) is 56.2 Å². The summed E-state index contributed by atoms with van der Waals surface area (Å²) in [6, 6.07) is 5.99. The first-order valence-electron chi connectivity index (χ1n) is 11.5. The van der Waals surface area contributed by atoms with E-state index in [0.29, 0.717) is 12.5 Å². The molecule has 13 heteroatoms. The second kappa shape index (κ2) is 11.6. The van der Waals surface area contributed by atoms with Crippen LogP contribution in [0.1, 0.15) is 46.0 Å². The van der Waals surface area contributed by atoms with Gasteiger partial charge in [-0.3, -0.25) is 24.0 Å². The first-order valence-corrected chi connectivity index (χ1v) is 11.8. The van der Waals surface area contributed by atoms with Crippen LogP contribution in [-0.4, -0.2) is 48.5 Å². The molecule has 0 unspecified atom stereocenters. The lowest BCUT2D eigenvalue weighted by Crippen LogP contribution is -2.48. The van der Waals surface area contributed by atoms with Gasteiger partial charge < -0.3 is 21.3 Å². The fourth-order valence-electron chi connectivity index (χ4n) is 4.03. The van der Waals surface area contributed by atoms with Gasteiger partial charge in [-0.25, -0.2) is 0 Å². The first-order chi connectivity index (χ1) is 17.8. The number of alkyl halides is 3. The average molecular weight is 553 g/mol. The largest absolute Gasteiger partial charge is 0.416 e. The molecule has 4 amide bonds. The van der Waals surface area contributed by atoms with Gasteiger partial charge >= 0.3 is 6.18 Å². The van der Waals surface area contributed by atoms with Gasteiger partial charge in [0.2, 0.25) is 11.7 Å². The van der Waals surface area contributed by atoms with Crippen molar-refractivity contribution in [2.24, 2.45) is 5.92 Å². The number of hydrogen-bond acceptors (Lipinski definition) is 5. The fraction of sp³-hybridized carbons (Fsp3) is 0.320. The lowest BCUT2D eigenvalue weighted by molar-refractivity contribution is -0.139. The topological polar surface area (TPSA) is 133 Å². The van der Waals surface area contributed by atoms with Gasteiger partial charge in [0, 0.05) is 29.6 Å². The zero-order valence-electron chi connectivity index (χ0n) is 20.2. The van der Waals surface area contributed by atoms with Gasteiger partial charge in [-0.15, -0.1) is 0 Å². The first kappa shape index (κ1) is 28.6. The molecule has 3 rings (SSSR count). The van der Waals surface area contributed by atoms with Crippen molar-refractivity contribution in [2.45, 2.75) is 38.0 Å². The number of hydrogen-bond donors (Lipinski definition) is 4. The number of amides is 4. The normalized spacial score (nSPS) is 17.8. The van der Waals surface area contributed by atoms with Crippen molar-refractivity contribution >= 4 is 46.7 Å². The van der Waals surface area contributed by atoms with E-state index in [-0.39, 0.29) is 40.2 Å². The third kappa shape index (κ3) is 6.88. The summed E-state index contributed by atoms with van der Waals surface area (Å²) in [5, 5.41) is 9.79. The Hall–Kier alpha value is -3.93. The summed E-state index contributed by atoms with van der Waals surface area (Å²) in [6.07, 6.45) is -4.43. The minimum Gasteiger partial charge on any atom is -0.353 e. The Labute approximate surface area is 220 Å². The number of anilines is 1. The fourth-order valence-corrected chi connectivity index (χ4v) is 4.21. The monoisotopic (exact) mass is 552 g/mol. The molecule has 2 aromatic carbocycles. The number of carbonyl (C=O) groups excluding carboxylic acids is 5. The molecule has 1 fully saturated rings. The van der Waals surface area contributed by atoms with Crippen LogP contribution >= 0.6 is 11.6 Å². The van der Waals surface area contributed by atoms with E-state index in [1.54, 1.807) is 6.92 Å². The van der Waals surface area contributed by atoms with Crippen LogP contribution in [0.4, 0.5) is 18.9 Å². The SMILES string of the molecule is CNC(=O)C(=O)[C@H](C[C@@H]1C[C@@H](C)NC1=O)NC(=O)c1cc(Cl)ccc1NC(=O)c1cccc(C(F)(F)F)c1. The van der Waals surface area contributed by atoms with E-state index >= 15 is 0 Å². The maximum atomic E-state index is 13.2.